The van der Waals surface area contributed by atoms with Gasteiger partial charge in [0.05, 0.1) is 13.7 Å². The summed E-state index contributed by atoms with van der Waals surface area (Å²) in [6.45, 7) is 2.33. The van der Waals surface area contributed by atoms with Gasteiger partial charge in [0, 0.05) is 18.7 Å². The topological polar surface area (TPSA) is 65.0 Å². The lowest BCUT2D eigenvalue weighted by atomic mass is 10.1. The molecule has 0 aliphatic heterocycles. The third-order valence-electron chi connectivity index (χ3n) is 2.35. The van der Waals surface area contributed by atoms with E-state index in [-0.39, 0.29) is 6.10 Å². The van der Waals surface area contributed by atoms with E-state index in [2.05, 4.69) is 0 Å². The normalized spacial score (nSPS) is 12.4. The van der Waals surface area contributed by atoms with E-state index in [1.54, 1.807) is 32.4 Å². The van der Waals surface area contributed by atoms with E-state index in [0.717, 1.165) is 6.08 Å². The molecule has 1 unspecified atom stereocenters. The lowest BCUT2D eigenvalue weighted by Crippen LogP contribution is -2.18. The predicted octanol–water partition coefficient (Wildman–Crippen LogP) is 2.21. The molecule has 0 amide bonds. The van der Waals surface area contributed by atoms with Crippen molar-refractivity contribution in [2.45, 2.75) is 13.0 Å². The van der Waals surface area contributed by atoms with E-state index < -0.39 is 5.97 Å². The molecule has 1 aromatic carbocycles. The number of aliphatic carboxylic acids is 1. The molecule has 1 aromatic rings. The molecule has 0 spiro atoms. The number of ether oxygens (including phenoxy) is 3. The molecule has 104 valence electrons. The number of methoxy groups -OCH3 is 2. The van der Waals surface area contributed by atoms with Crippen LogP contribution in [0.15, 0.2) is 24.3 Å². The summed E-state index contributed by atoms with van der Waals surface area (Å²) >= 11 is 0. The Hall–Kier alpha value is -2.01. The van der Waals surface area contributed by atoms with Crippen LogP contribution in [-0.2, 0) is 9.53 Å². The highest BCUT2D eigenvalue weighted by molar-refractivity contribution is 5.86. The standard InChI is InChI=1S/C14H18O5/c1-10(9-17-2)19-13-6-5-12(18-3)8-11(13)4-7-14(15)16/h4-8,10H,9H2,1-3H3,(H,15,16). The van der Waals surface area contributed by atoms with Gasteiger partial charge in [-0.2, -0.15) is 0 Å². The molecular formula is C14H18O5. The first-order valence-electron chi connectivity index (χ1n) is 5.81. The third kappa shape index (κ3) is 5.01. The van der Waals surface area contributed by atoms with Crippen LogP contribution in [0.25, 0.3) is 6.08 Å². The first-order chi connectivity index (χ1) is 9.06. The molecule has 0 heterocycles. The molecule has 0 radical (unpaired) electrons. The zero-order valence-electron chi connectivity index (χ0n) is 11.3. The summed E-state index contributed by atoms with van der Waals surface area (Å²) in [6, 6.07) is 5.22. The number of hydrogen-bond acceptors (Lipinski definition) is 4. The van der Waals surface area contributed by atoms with Gasteiger partial charge in [-0.3, -0.25) is 0 Å². The molecule has 0 bridgehead atoms. The lowest BCUT2D eigenvalue weighted by Gasteiger charge is -2.16. The molecule has 1 rings (SSSR count). The summed E-state index contributed by atoms with van der Waals surface area (Å²) in [4.78, 5) is 10.6. The molecule has 0 fully saturated rings. The summed E-state index contributed by atoms with van der Waals surface area (Å²) in [7, 11) is 3.15. The number of rotatable bonds is 7. The average molecular weight is 266 g/mol. The summed E-state index contributed by atoms with van der Waals surface area (Å²) in [5, 5.41) is 8.68. The van der Waals surface area contributed by atoms with E-state index >= 15 is 0 Å². The summed E-state index contributed by atoms with van der Waals surface area (Å²) < 4.78 is 15.8. The Balaban J connectivity index is 2.97. The molecule has 0 aromatic heterocycles. The summed E-state index contributed by atoms with van der Waals surface area (Å²) in [6.07, 6.45) is 2.40. The smallest absolute Gasteiger partial charge is 0.328 e. The van der Waals surface area contributed by atoms with Crippen LogP contribution in [0.1, 0.15) is 12.5 Å². The van der Waals surface area contributed by atoms with Crippen molar-refractivity contribution >= 4 is 12.0 Å². The summed E-state index contributed by atoms with van der Waals surface area (Å²) in [5.41, 5.74) is 0.643. The van der Waals surface area contributed by atoms with Gasteiger partial charge in [0.15, 0.2) is 0 Å². The van der Waals surface area contributed by atoms with Crippen LogP contribution in [0.3, 0.4) is 0 Å². The zero-order chi connectivity index (χ0) is 14.3. The molecule has 0 saturated carbocycles. The highest BCUT2D eigenvalue weighted by Crippen LogP contribution is 2.26. The van der Waals surface area contributed by atoms with Gasteiger partial charge < -0.3 is 19.3 Å². The minimum atomic E-state index is -1.02. The second kappa shape index (κ2) is 7.43. The van der Waals surface area contributed by atoms with Crippen molar-refractivity contribution in [3.63, 3.8) is 0 Å². The first kappa shape index (κ1) is 15.0. The Kier molecular flexibility index (Phi) is 5.89. The first-order valence-corrected chi connectivity index (χ1v) is 5.81. The van der Waals surface area contributed by atoms with Gasteiger partial charge in [0.1, 0.15) is 17.6 Å². The van der Waals surface area contributed by atoms with Crippen molar-refractivity contribution in [1.82, 2.24) is 0 Å². The average Bonchev–Trinajstić information content (AvgIpc) is 2.37. The predicted molar refractivity (Wildman–Crippen MR) is 71.6 cm³/mol. The van der Waals surface area contributed by atoms with Crippen molar-refractivity contribution in [1.29, 1.82) is 0 Å². The van der Waals surface area contributed by atoms with Crippen LogP contribution < -0.4 is 9.47 Å². The van der Waals surface area contributed by atoms with Crippen LogP contribution in [0.2, 0.25) is 0 Å². The van der Waals surface area contributed by atoms with E-state index in [1.807, 2.05) is 6.92 Å². The maximum atomic E-state index is 10.6. The SMILES string of the molecule is COCC(C)Oc1ccc(OC)cc1C=CC(=O)O. The van der Waals surface area contributed by atoms with Crippen molar-refractivity contribution in [3.8, 4) is 11.5 Å². The van der Waals surface area contributed by atoms with E-state index in [4.69, 9.17) is 19.3 Å². The number of carbonyl (C=O) groups is 1. The third-order valence-corrected chi connectivity index (χ3v) is 2.35. The van der Waals surface area contributed by atoms with Gasteiger partial charge in [0.25, 0.3) is 0 Å². The highest BCUT2D eigenvalue weighted by atomic mass is 16.5. The number of hydrogen-bond donors (Lipinski definition) is 1. The largest absolute Gasteiger partial charge is 0.497 e. The maximum absolute atomic E-state index is 10.6. The molecule has 19 heavy (non-hydrogen) atoms. The van der Waals surface area contributed by atoms with Gasteiger partial charge in [-0.15, -0.1) is 0 Å². The van der Waals surface area contributed by atoms with Crippen molar-refractivity contribution < 1.29 is 24.1 Å². The highest BCUT2D eigenvalue weighted by Gasteiger charge is 2.08. The Labute approximate surface area is 112 Å². The van der Waals surface area contributed by atoms with Gasteiger partial charge in [0.2, 0.25) is 0 Å². The van der Waals surface area contributed by atoms with Crippen molar-refractivity contribution in [2.75, 3.05) is 20.8 Å². The molecule has 5 heteroatoms. The van der Waals surface area contributed by atoms with E-state index in [0.29, 0.717) is 23.7 Å². The van der Waals surface area contributed by atoms with E-state index in [1.165, 1.54) is 6.08 Å². The lowest BCUT2D eigenvalue weighted by molar-refractivity contribution is -0.131. The fourth-order valence-corrected chi connectivity index (χ4v) is 1.54. The van der Waals surface area contributed by atoms with Crippen LogP contribution in [0.5, 0.6) is 11.5 Å². The second-order valence-electron chi connectivity index (χ2n) is 3.96. The quantitative estimate of drug-likeness (QED) is 0.766. The van der Waals surface area contributed by atoms with Crippen LogP contribution in [0.4, 0.5) is 0 Å². The molecule has 1 atom stereocenters. The number of benzene rings is 1. The number of carboxylic acid groups (broad SMARTS) is 1. The van der Waals surface area contributed by atoms with Crippen LogP contribution in [-0.4, -0.2) is 38.0 Å². The minimum absolute atomic E-state index is 0.129. The Morgan fingerprint density at radius 3 is 2.74 bits per heavy atom. The zero-order valence-corrected chi connectivity index (χ0v) is 11.3. The summed E-state index contributed by atoms with van der Waals surface area (Å²) in [5.74, 6) is 0.207. The molecule has 0 saturated heterocycles. The van der Waals surface area contributed by atoms with E-state index in [9.17, 15) is 4.79 Å². The minimum Gasteiger partial charge on any atom is -0.497 e. The van der Waals surface area contributed by atoms with Gasteiger partial charge in [-0.25, -0.2) is 4.79 Å². The van der Waals surface area contributed by atoms with Gasteiger partial charge in [-0.05, 0) is 31.2 Å². The Morgan fingerprint density at radius 2 is 2.16 bits per heavy atom. The van der Waals surface area contributed by atoms with Crippen LogP contribution in [0, 0.1) is 0 Å². The monoisotopic (exact) mass is 266 g/mol. The van der Waals surface area contributed by atoms with Crippen molar-refractivity contribution in [3.05, 3.63) is 29.8 Å². The molecule has 0 aliphatic carbocycles. The fourth-order valence-electron chi connectivity index (χ4n) is 1.54. The van der Waals surface area contributed by atoms with Crippen LogP contribution >= 0.6 is 0 Å². The molecule has 1 N–H and O–H groups in total. The van der Waals surface area contributed by atoms with Gasteiger partial charge >= 0.3 is 5.97 Å². The maximum Gasteiger partial charge on any atom is 0.328 e. The molecular weight excluding hydrogens is 248 g/mol. The van der Waals surface area contributed by atoms with Gasteiger partial charge in [-0.1, -0.05) is 0 Å². The number of carboxylic acids is 1. The second-order valence-corrected chi connectivity index (χ2v) is 3.96. The molecule has 5 nitrogen and oxygen atoms in total. The Bertz CT molecular complexity index is 453. The van der Waals surface area contributed by atoms with Crippen molar-refractivity contribution in [2.24, 2.45) is 0 Å². The fraction of sp³-hybridized carbons (Fsp3) is 0.357. The Morgan fingerprint density at radius 1 is 1.42 bits per heavy atom. The molecule has 0 aliphatic rings.